The quantitative estimate of drug-likeness (QED) is 0.889. The fourth-order valence-corrected chi connectivity index (χ4v) is 2.63. The Morgan fingerprint density at radius 3 is 2.63 bits per heavy atom. The van der Waals surface area contributed by atoms with Crippen molar-refractivity contribution in [1.82, 2.24) is 20.1 Å². The van der Waals surface area contributed by atoms with Gasteiger partial charge in [-0.25, -0.2) is 4.98 Å². The maximum Gasteiger partial charge on any atom is 0.293 e. The van der Waals surface area contributed by atoms with Gasteiger partial charge in [-0.1, -0.05) is 26.7 Å². The molecule has 0 aliphatic heterocycles. The molecule has 1 fully saturated rings. The first-order valence-electron chi connectivity index (χ1n) is 7.28. The van der Waals surface area contributed by atoms with Crippen molar-refractivity contribution in [2.75, 3.05) is 6.54 Å². The van der Waals surface area contributed by atoms with Gasteiger partial charge in [0.15, 0.2) is 0 Å². The summed E-state index contributed by atoms with van der Waals surface area (Å²) in [5.74, 6) is 1.59. The Bertz CT molecular complexity index is 421. The number of nitrogens with one attached hydrogen (secondary N) is 1. The summed E-state index contributed by atoms with van der Waals surface area (Å²) in [4.78, 5) is 18.7. The molecule has 0 radical (unpaired) electrons. The van der Waals surface area contributed by atoms with Gasteiger partial charge in [0, 0.05) is 12.6 Å². The van der Waals surface area contributed by atoms with E-state index in [2.05, 4.69) is 29.0 Å². The second-order valence-electron chi connectivity index (χ2n) is 5.86. The summed E-state index contributed by atoms with van der Waals surface area (Å²) < 4.78 is 0. The van der Waals surface area contributed by atoms with Crippen LogP contribution in [0.5, 0.6) is 0 Å². The van der Waals surface area contributed by atoms with E-state index in [0.717, 1.165) is 25.8 Å². The van der Waals surface area contributed by atoms with Gasteiger partial charge in [-0.3, -0.25) is 9.89 Å². The first-order chi connectivity index (χ1) is 9.08. The summed E-state index contributed by atoms with van der Waals surface area (Å²) in [5.41, 5.74) is 0. The molecule has 1 aliphatic rings. The molecule has 1 amide bonds. The maximum absolute atomic E-state index is 12.5. The van der Waals surface area contributed by atoms with Crippen LogP contribution in [0.3, 0.4) is 0 Å². The monoisotopic (exact) mass is 264 g/mol. The molecule has 0 aromatic carbocycles. The van der Waals surface area contributed by atoms with Crippen LogP contribution in [0.25, 0.3) is 0 Å². The third-order valence-corrected chi connectivity index (χ3v) is 3.76. The SMILES string of the molecule is Cc1nc(C(=O)N(CCC(C)C)C2CCCC2)n[nH]1. The summed E-state index contributed by atoms with van der Waals surface area (Å²) in [6.07, 6.45) is 5.72. The van der Waals surface area contributed by atoms with Gasteiger partial charge >= 0.3 is 0 Å². The van der Waals surface area contributed by atoms with E-state index >= 15 is 0 Å². The first-order valence-corrected chi connectivity index (χ1v) is 7.28. The Kier molecular flexibility index (Phi) is 4.56. The zero-order valence-electron chi connectivity index (χ0n) is 12.1. The molecule has 5 nitrogen and oxygen atoms in total. The number of nitrogens with zero attached hydrogens (tertiary/aromatic N) is 3. The van der Waals surface area contributed by atoms with Crippen molar-refractivity contribution in [3.05, 3.63) is 11.6 Å². The molecule has 0 atom stereocenters. The Labute approximate surface area is 114 Å². The topological polar surface area (TPSA) is 61.9 Å². The number of aryl methyl sites for hydroxylation is 1. The molecular formula is C14H24N4O. The summed E-state index contributed by atoms with van der Waals surface area (Å²) >= 11 is 0. The van der Waals surface area contributed by atoms with Crippen molar-refractivity contribution >= 4 is 5.91 Å². The summed E-state index contributed by atoms with van der Waals surface area (Å²) in [6, 6.07) is 0.380. The van der Waals surface area contributed by atoms with Gasteiger partial charge < -0.3 is 4.90 Å². The molecule has 1 heterocycles. The number of aromatic nitrogens is 3. The van der Waals surface area contributed by atoms with E-state index in [0.29, 0.717) is 23.6 Å². The molecular weight excluding hydrogens is 240 g/mol. The van der Waals surface area contributed by atoms with Crippen LogP contribution in [0.2, 0.25) is 0 Å². The average molecular weight is 264 g/mol. The van der Waals surface area contributed by atoms with Crippen molar-refractivity contribution in [2.45, 2.75) is 58.9 Å². The van der Waals surface area contributed by atoms with Crippen LogP contribution in [0.4, 0.5) is 0 Å². The third-order valence-electron chi connectivity index (χ3n) is 3.76. The maximum atomic E-state index is 12.5. The molecule has 106 valence electrons. The van der Waals surface area contributed by atoms with Gasteiger partial charge in [-0.15, -0.1) is 5.10 Å². The van der Waals surface area contributed by atoms with E-state index in [9.17, 15) is 4.79 Å². The lowest BCUT2D eigenvalue weighted by Crippen LogP contribution is -2.40. The van der Waals surface area contributed by atoms with Gasteiger partial charge in [0.2, 0.25) is 5.82 Å². The minimum Gasteiger partial charge on any atom is -0.333 e. The normalized spacial score (nSPS) is 16.2. The van der Waals surface area contributed by atoms with Gasteiger partial charge in [0.25, 0.3) is 5.91 Å². The minimum absolute atomic E-state index is 0.0168. The van der Waals surface area contributed by atoms with E-state index in [4.69, 9.17) is 0 Å². The highest BCUT2D eigenvalue weighted by atomic mass is 16.2. The molecule has 0 spiro atoms. The number of carbonyl (C=O) groups is 1. The molecule has 1 aliphatic carbocycles. The molecule has 5 heteroatoms. The fourth-order valence-electron chi connectivity index (χ4n) is 2.63. The Balaban J connectivity index is 2.09. The van der Waals surface area contributed by atoms with Crippen LogP contribution >= 0.6 is 0 Å². The lowest BCUT2D eigenvalue weighted by molar-refractivity contribution is 0.0659. The predicted octanol–water partition coefficient (Wildman–Crippen LogP) is 2.54. The number of aromatic amines is 1. The number of amides is 1. The molecule has 0 unspecified atom stereocenters. The van der Waals surface area contributed by atoms with Crippen molar-refractivity contribution in [2.24, 2.45) is 5.92 Å². The van der Waals surface area contributed by atoms with Crippen LogP contribution in [0.1, 0.15) is 62.4 Å². The van der Waals surface area contributed by atoms with E-state index in [1.54, 1.807) is 0 Å². The number of carbonyl (C=O) groups excluding carboxylic acids is 1. The smallest absolute Gasteiger partial charge is 0.293 e. The Hall–Kier alpha value is -1.39. The third kappa shape index (κ3) is 3.55. The Morgan fingerprint density at radius 1 is 1.42 bits per heavy atom. The van der Waals surface area contributed by atoms with E-state index in [-0.39, 0.29) is 5.91 Å². The average Bonchev–Trinajstić information content (AvgIpc) is 3.00. The highest BCUT2D eigenvalue weighted by Gasteiger charge is 2.29. The Morgan fingerprint density at radius 2 is 2.11 bits per heavy atom. The van der Waals surface area contributed by atoms with Crippen molar-refractivity contribution in [3.8, 4) is 0 Å². The van der Waals surface area contributed by atoms with Gasteiger partial charge in [0.1, 0.15) is 5.82 Å². The minimum atomic E-state index is -0.0168. The molecule has 1 aromatic heterocycles. The van der Waals surface area contributed by atoms with E-state index < -0.39 is 0 Å². The van der Waals surface area contributed by atoms with Gasteiger partial charge in [0.05, 0.1) is 0 Å². The summed E-state index contributed by atoms with van der Waals surface area (Å²) in [5, 5.41) is 6.76. The van der Waals surface area contributed by atoms with Crippen LogP contribution in [0, 0.1) is 12.8 Å². The van der Waals surface area contributed by atoms with E-state index in [1.807, 2.05) is 11.8 Å². The van der Waals surface area contributed by atoms with Gasteiger partial charge in [-0.05, 0) is 32.1 Å². The molecule has 0 bridgehead atoms. The lowest BCUT2D eigenvalue weighted by atomic mass is 10.1. The van der Waals surface area contributed by atoms with Crippen molar-refractivity contribution in [3.63, 3.8) is 0 Å². The number of H-pyrrole nitrogens is 1. The number of rotatable bonds is 5. The standard InChI is InChI=1S/C14H24N4O/c1-10(2)8-9-18(12-6-4-5-7-12)14(19)13-15-11(3)16-17-13/h10,12H,4-9H2,1-3H3,(H,15,16,17). The van der Waals surface area contributed by atoms with Crippen LogP contribution in [-0.4, -0.2) is 38.6 Å². The molecule has 19 heavy (non-hydrogen) atoms. The molecule has 2 rings (SSSR count). The molecule has 1 aromatic rings. The van der Waals surface area contributed by atoms with Crippen molar-refractivity contribution in [1.29, 1.82) is 0 Å². The summed E-state index contributed by atoms with van der Waals surface area (Å²) in [7, 11) is 0. The number of hydrogen-bond donors (Lipinski definition) is 1. The second-order valence-corrected chi connectivity index (χ2v) is 5.86. The highest BCUT2D eigenvalue weighted by Crippen LogP contribution is 2.25. The first kappa shape index (κ1) is 14.0. The second kappa shape index (κ2) is 6.17. The zero-order chi connectivity index (χ0) is 13.8. The molecule has 1 N–H and O–H groups in total. The number of hydrogen-bond acceptors (Lipinski definition) is 3. The summed E-state index contributed by atoms with van der Waals surface area (Å²) in [6.45, 7) is 7.01. The lowest BCUT2D eigenvalue weighted by Gasteiger charge is -2.28. The highest BCUT2D eigenvalue weighted by molar-refractivity contribution is 5.90. The molecule has 0 saturated heterocycles. The van der Waals surface area contributed by atoms with Gasteiger partial charge in [-0.2, -0.15) is 0 Å². The van der Waals surface area contributed by atoms with Crippen LogP contribution < -0.4 is 0 Å². The van der Waals surface area contributed by atoms with Crippen LogP contribution in [0.15, 0.2) is 0 Å². The largest absolute Gasteiger partial charge is 0.333 e. The zero-order valence-corrected chi connectivity index (χ0v) is 12.1. The van der Waals surface area contributed by atoms with Crippen LogP contribution in [-0.2, 0) is 0 Å². The fraction of sp³-hybridized carbons (Fsp3) is 0.786. The predicted molar refractivity (Wildman–Crippen MR) is 73.9 cm³/mol. The van der Waals surface area contributed by atoms with Crippen molar-refractivity contribution < 1.29 is 4.79 Å². The molecule has 1 saturated carbocycles. The van der Waals surface area contributed by atoms with E-state index in [1.165, 1.54) is 12.8 Å².